The van der Waals surface area contributed by atoms with Gasteiger partial charge in [-0.25, -0.2) is 0 Å². The standard InChI is InChI=1S/C18H31NO.2C3H6/c1-12(2)15-10-16(13(3)4)18(19-8-9-20-7)17(11-15)14(5)6;2*1-3-2/h10-14,19H,8-9H2,1-7H3;2*3H,1H2,2H3. The van der Waals surface area contributed by atoms with Crippen LogP contribution in [0.3, 0.4) is 0 Å². The highest BCUT2D eigenvalue weighted by atomic mass is 16.5. The van der Waals surface area contributed by atoms with E-state index in [0.717, 1.165) is 13.2 Å². The Balaban J connectivity index is 0. The zero-order valence-corrected chi connectivity index (χ0v) is 18.8. The molecule has 0 saturated carbocycles. The Morgan fingerprint density at radius 3 is 1.54 bits per heavy atom. The van der Waals surface area contributed by atoms with Crippen molar-refractivity contribution >= 4 is 5.69 Å². The van der Waals surface area contributed by atoms with Gasteiger partial charge in [0.2, 0.25) is 0 Å². The van der Waals surface area contributed by atoms with Crippen LogP contribution < -0.4 is 5.32 Å². The zero-order valence-electron chi connectivity index (χ0n) is 18.8. The van der Waals surface area contributed by atoms with Crippen LogP contribution >= 0.6 is 0 Å². The van der Waals surface area contributed by atoms with Crippen LogP contribution in [0.25, 0.3) is 0 Å². The number of methoxy groups -OCH3 is 1. The fourth-order valence-corrected chi connectivity index (χ4v) is 2.44. The maximum atomic E-state index is 5.16. The van der Waals surface area contributed by atoms with Gasteiger partial charge in [-0.1, -0.05) is 65.8 Å². The van der Waals surface area contributed by atoms with Gasteiger partial charge in [-0.15, -0.1) is 13.2 Å². The van der Waals surface area contributed by atoms with E-state index in [0.29, 0.717) is 17.8 Å². The number of hydrogen-bond acceptors (Lipinski definition) is 2. The third-order valence-corrected chi connectivity index (χ3v) is 3.74. The molecule has 0 saturated heterocycles. The minimum absolute atomic E-state index is 0.524. The molecule has 0 fully saturated rings. The summed E-state index contributed by atoms with van der Waals surface area (Å²) in [7, 11) is 1.75. The number of hydrogen-bond donors (Lipinski definition) is 1. The highest BCUT2D eigenvalue weighted by molar-refractivity contribution is 5.62. The molecule has 0 aliphatic carbocycles. The molecule has 0 atom stereocenters. The summed E-state index contributed by atoms with van der Waals surface area (Å²) in [5.41, 5.74) is 5.61. The molecule has 0 radical (unpaired) electrons. The van der Waals surface area contributed by atoms with Crippen LogP contribution in [0.2, 0.25) is 0 Å². The van der Waals surface area contributed by atoms with Crippen molar-refractivity contribution in [3.8, 4) is 0 Å². The van der Waals surface area contributed by atoms with Gasteiger partial charge in [-0.3, -0.25) is 0 Å². The van der Waals surface area contributed by atoms with E-state index in [-0.39, 0.29) is 0 Å². The van der Waals surface area contributed by atoms with E-state index in [1.54, 1.807) is 19.3 Å². The fourth-order valence-electron chi connectivity index (χ4n) is 2.44. The summed E-state index contributed by atoms with van der Waals surface area (Å²) >= 11 is 0. The SMILES string of the molecule is C=CC.C=CC.COCCNc1c(C(C)C)cc(C(C)C)cc1C(C)C. The largest absolute Gasteiger partial charge is 0.383 e. The topological polar surface area (TPSA) is 21.3 Å². The molecule has 0 unspecified atom stereocenters. The van der Waals surface area contributed by atoms with Gasteiger partial charge in [0, 0.05) is 19.3 Å². The molecule has 0 bridgehead atoms. The first kappa shape index (κ1) is 26.7. The van der Waals surface area contributed by atoms with E-state index in [4.69, 9.17) is 4.74 Å². The molecule has 0 spiro atoms. The van der Waals surface area contributed by atoms with Gasteiger partial charge < -0.3 is 10.1 Å². The molecule has 150 valence electrons. The number of anilines is 1. The lowest BCUT2D eigenvalue weighted by Crippen LogP contribution is -2.13. The quantitative estimate of drug-likeness (QED) is 0.401. The minimum atomic E-state index is 0.524. The predicted molar refractivity (Wildman–Crippen MR) is 121 cm³/mol. The highest BCUT2D eigenvalue weighted by Crippen LogP contribution is 2.35. The van der Waals surface area contributed by atoms with E-state index in [1.807, 2.05) is 13.8 Å². The van der Waals surface area contributed by atoms with Gasteiger partial charge in [-0.05, 0) is 48.3 Å². The van der Waals surface area contributed by atoms with Crippen LogP contribution in [0.5, 0.6) is 0 Å². The lowest BCUT2D eigenvalue weighted by Gasteiger charge is -2.23. The summed E-state index contributed by atoms with van der Waals surface area (Å²) in [5.74, 6) is 1.62. The third kappa shape index (κ3) is 10.5. The van der Waals surface area contributed by atoms with Gasteiger partial charge >= 0.3 is 0 Å². The van der Waals surface area contributed by atoms with E-state index >= 15 is 0 Å². The molecule has 0 aliphatic rings. The molecule has 0 aromatic heterocycles. The van der Waals surface area contributed by atoms with Gasteiger partial charge in [0.15, 0.2) is 0 Å². The van der Waals surface area contributed by atoms with Gasteiger partial charge in [0.1, 0.15) is 0 Å². The van der Waals surface area contributed by atoms with Crippen molar-refractivity contribution in [2.24, 2.45) is 0 Å². The molecular weight excluding hydrogens is 318 g/mol. The molecule has 1 rings (SSSR count). The smallest absolute Gasteiger partial charge is 0.0635 e. The van der Waals surface area contributed by atoms with Gasteiger partial charge in [-0.2, -0.15) is 0 Å². The van der Waals surface area contributed by atoms with Crippen molar-refractivity contribution < 1.29 is 4.74 Å². The first-order chi connectivity index (χ1) is 12.2. The van der Waals surface area contributed by atoms with Crippen LogP contribution in [0.4, 0.5) is 5.69 Å². The summed E-state index contributed by atoms with van der Waals surface area (Å²) in [5, 5.41) is 3.59. The Morgan fingerprint density at radius 1 is 0.885 bits per heavy atom. The molecule has 1 N–H and O–H groups in total. The second-order valence-electron chi connectivity index (χ2n) is 7.27. The van der Waals surface area contributed by atoms with Crippen molar-refractivity contribution in [1.82, 2.24) is 0 Å². The molecular formula is C24H43NO. The van der Waals surface area contributed by atoms with E-state index in [1.165, 1.54) is 22.4 Å². The monoisotopic (exact) mass is 361 g/mol. The number of nitrogens with one attached hydrogen (secondary N) is 1. The lowest BCUT2D eigenvalue weighted by molar-refractivity contribution is 0.210. The molecule has 0 heterocycles. The molecule has 1 aromatic carbocycles. The van der Waals surface area contributed by atoms with Crippen LogP contribution in [0.15, 0.2) is 37.4 Å². The van der Waals surface area contributed by atoms with Crippen LogP contribution in [0.1, 0.15) is 89.8 Å². The van der Waals surface area contributed by atoms with Crippen molar-refractivity contribution in [3.05, 3.63) is 54.1 Å². The van der Waals surface area contributed by atoms with Crippen molar-refractivity contribution in [2.75, 3.05) is 25.6 Å². The zero-order chi connectivity index (χ0) is 20.7. The average Bonchev–Trinajstić information content (AvgIpc) is 2.55. The number of rotatable bonds is 7. The number of ether oxygens (including phenoxy) is 1. The van der Waals surface area contributed by atoms with Crippen LogP contribution in [-0.2, 0) is 4.74 Å². The minimum Gasteiger partial charge on any atom is -0.383 e. The summed E-state index contributed by atoms with van der Waals surface area (Å²) in [6, 6.07) is 4.74. The first-order valence-corrected chi connectivity index (χ1v) is 9.76. The van der Waals surface area contributed by atoms with E-state index in [2.05, 4.69) is 72.1 Å². The maximum Gasteiger partial charge on any atom is 0.0635 e. The van der Waals surface area contributed by atoms with E-state index < -0.39 is 0 Å². The molecule has 2 heteroatoms. The number of benzene rings is 1. The Labute approximate surface area is 163 Å². The Bertz CT molecular complexity index is 466. The molecule has 0 amide bonds. The van der Waals surface area contributed by atoms with Crippen LogP contribution in [0, 0.1) is 0 Å². The van der Waals surface area contributed by atoms with E-state index in [9.17, 15) is 0 Å². The van der Waals surface area contributed by atoms with Gasteiger partial charge in [0.25, 0.3) is 0 Å². The Hall–Kier alpha value is -1.54. The fraction of sp³-hybridized carbons (Fsp3) is 0.583. The van der Waals surface area contributed by atoms with Crippen LogP contribution in [-0.4, -0.2) is 20.3 Å². The number of allylic oxidation sites excluding steroid dienone is 2. The molecule has 2 nitrogen and oxygen atoms in total. The van der Waals surface area contributed by atoms with Crippen molar-refractivity contribution in [2.45, 2.75) is 73.1 Å². The maximum absolute atomic E-state index is 5.16. The summed E-state index contributed by atoms with van der Waals surface area (Å²) in [6.45, 7) is 25.7. The molecule has 26 heavy (non-hydrogen) atoms. The Morgan fingerprint density at radius 2 is 1.27 bits per heavy atom. The second-order valence-corrected chi connectivity index (χ2v) is 7.27. The Kier molecular flexibility index (Phi) is 16.1. The van der Waals surface area contributed by atoms with Crippen molar-refractivity contribution in [3.63, 3.8) is 0 Å². The normalized spacial score (nSPS) is 10.0. The van der Waals surface area contributed by atoms with Crippen molar-refractivity contribution in [1.29, 1.82) is 0 Å². The summed E-state index contributed by atoms with van der Waals surface area (Å²) < 4.78 is 5.16. The first-order valence-electron chi connectivity index (χ1n) is 9.76. The average molecular weight is 362 g/mol. The highest BCUT2D eigenvalue weighted by Gasteiger charge is 2.16. The van der Waals surface area contributed by atoms with Gasteiger partial charge in [0.05, 0.1) is 6.61 Å². The predicted octanol–water partition coefficient (Wildman–Crippen LogP) is 7.50. The molecule has 0 aliphatic heterocycles. The second kappa shape index (κ2) is 15.7. The summed E-state index contributed by atoms with van der Waals surface area (Å²) in [4.78, 5) is 0. The molecule has 1 aromatic rings. The summed E-state index contributed by atoms with van der Waals surface area (Å²) in [6.07, 6.45) is 3.50. The lowest BCUT2D eigenvalue weighted by atomic mass is 9.87. The third-order valence-electron chi connectivity index (χ3n) is 3.74.